The van der Waals surface area contributed by atoms with Crippen molar-refractivity contribution in [2.24, 2.45) is 0 Å². The van der Waals surface area contributed by atoms with Gasteiger partial charge in [0, 0.05) is 21.7 Å². The van der Waals surface area contributed by atoms with E-state index in [2.05, 4.69) is 58.9 Å². The van der Waals surface area contributed by atoms with Gasteiger partial charge in [0.05, 0.1) is 0 Å². The van der Waals surface area contributed by atoms with E-state index in [4.69, 9.17) is 4.42 Å². The largest absolute Gasteiger partial charge is 0.457 e. The molecule has 0 amide bonds. The Hall–Kier alpha value is -3.03. The van der Waals surface area contributed by atoms with E-state index in [9.17, 15) is 4.79 Å². The topological polar surface area (TPSA) is 60.4 Å². The Labute approximate surface area is 197 Å². The van der Waals surface area contributed by atoms with Crippen molar-refractivity contribution in [2.45, 2.75) is 26.2 Å². The molecule has 5 aromatic rings. The first-order valence-corrected chi connectivity index (χ1v) is 11.8. The Morgan fingerprint density at radius 1 is 0.969 bits per heavy atom. The van der Waals surface area contributed by atoms with Gasteiger partial charge >= 0.3 is 0 Å². The minimum Gasteiger partial charge on any atom is -0.457 e. The molecular formula is C25H20BrN3O2S. The van der Waals surface area contributed by atoms with Crippen molar-refractivity contribution in [1.29, 1.82) is 0 Å². The number of aromatic nitrogens is 3. The van der Waals surface area contributed by atoms with E-state index < -0.39 is 0 Å². The van der Waals surface area contributed by atoms with Crippen molar-refractivity contribution >= 4 is 38.3 Å². The first-order valence-electron chi connectivity index (χ1n) is 10.2. The Kier molecular flexibility index (Phi) is 5.10. The summed E-state index contributed by atoms with van der Waals surface area (Å²) in [5, 5.41) is 4.45. The number of hydrogen-bond acceptors (Lipinski definition) is 5. The van der Waals surface area contributed by atoms with E-state index >= 15 is 0 Å². The summed E-state index contributed by atoms with van der Waals surface area (Å²) in [7, 11) is 0. The number of rotatable bonds is 3. The molecule has 0 bridgehead atoms. The fourth-order valence-electron chi connectivity index (χ4n) is 3.40. The molecular weight excluding hydrogens is 486 g/mol. The van der Waals surface area contributed by atoms with E-state index in [1.807, 2.05) is 48.5 Å². The second kappa shape index (κ2) is 7.83. The normalized spacial score (nSPS) is 12.7. The maximum Gasteiger partial charge on any atom is 0.291 e. The third kappa shape index (κ3) is 3.94. The zero-order chi connectivity index (χ0) is 22.5. The summed E-state index contributed by atoms with van der Waals surface area (Å²) >= 11 is 4.74. The number of hydrogen-bond donors (Lipinski definition) is 0. The lowest BCUT2D eigenvalue weighted by atomic mass is 9.87. The van der Waals surface area contributed by atoms with Gasteiger partial charge in [0.15, 0.2) is 5.82 Å². The molecule has 3 aromatic heterocycles. The van der Waals surface area contributed by atoms with Gasteiger partial charge in [0.2, 0.25) is 4.96 Å². The molecule has 0 spiro atoms. The van der Waals surface area contributed by atoms with E-state index in [0.717, 1.165) is 21.4 Å². The molecule has 0 unspecified atom stereocenters. The van der Waals surface area contributed by atoms with Gasteiger partial charge in [-0.15, -0.1) is 5.10 Å². The van der Waals surface area contributed by atoms with Crippen molar-refractivity contribution in [3.8, 4) is 22.7 Å². The van der Waals surface area contributed by atoms with Crippen LogP contribution < -0.4 is 10.1 Å². The van der Waals surface area contributed by atoms with E-state index in [-0.39, 0.29) is 11.0 Å². The molecule has 0 fully saturated rings. The molecule has 0 saturated carbocycles. The van der Waals surface area contributed by atoms with Gasteiger partial charge < -0.3 is 4.42 Å². The maximum atomic E-state index is 12.9. The molecule has 0 atom stereocenters. The van der Waals surface area contributed by atoms with Gasteiger partial charge in [-0.05, 0) is 35.2 Å². The van der Waals surface area contributed by atoms with Crippen LogP contribution in [-0.4, -0.2) is 14.6 Å². The molecule has 0 saturated heterocycles. The van der Waals surface area contributed by atoms with Crippen LogP contribution in [0.5, 0.6) is 0 Å². The van der Waals surface area contributed by atoms with Crippen LogP contribution in [0.3, 0.4) is 0 Å². The van der Waals surface area contributed by atoms with Crippen molar-refractivity contribution < 1.29 is 4.42 Å². The standard InChI is InChI=1S/C25H20BrN3O2S/c1-25(2,3)17-8-4-16(5-9-17)22-27-24-29(28-22)23(30)21(32-24)14-19-12-13-20(31-19)15-6-10-18(26)11-7-15/h4-14H,1-3H3. The average Bonchev–Trinajstić information content (AvgIpc) is 3.46. The van der Waals surface area contributed by atoms with Crippen LogP contribution in [0.25, 0.3) is 33.7 Å². The molecule has 2 aromatic carbocycles. The average molecular weight is 506 g/mol. The van der Waals surface area contributed by atoms with E-state index in [0.29, 0.717) is 21.1 Å². The van der Waals surface area contributed by atoms with Crippen LogP contribution in [0.2, 0.25) is 0 Å². The monoisotopic (exact) mass is 505 g/mol. The van der Waals surface area contributed by atoms with Gasteiger partial charge in [-0.25, -0.2) is 0 Å². The number of furan rings is 1. The summed E-state index contributed by atoms with van der Waals surface area (Å²) in [4.78, 5) is 18.0. The first kappa shape index (κ1) is 20.8. The van der Waals surface area contributed by atoms with Gasteiger partial charge in [-0.1, -0.05) is 84.4 Å². The Morgan fingerprint density at radius 2 is 1.66 bits per heavy atom. The fraction of sp³-hybridized carbons (Fsp3) is 0.160. The summed E-state index contributed by atoms with van der Waals surface area (Å²) < 4.78 is 8.83. The highest BCUT2D eigenvalue weighted by atomic mass is 79.9. The smallest absolute Gasteiger partial charge is 0.291 e. The molecule has 3 heterocycles. The Balaban J connectivity index is 1.46. The number of fused-ring (bicyclic) bond motifs is 1. The molecule has 7 heteroatoms. The first-order chi connectivity index (χ1) is 15.3. The molecule has 0 aliphatic rings. The van der Waals surface area contributed by atoms with Crippen LogP contribution in [0.15, 0.2) is 74.3 Å². The molecule has 5 nitrogen and oxygen atoms in total. The van der Waals surface area contributed by atoms with Gasteiger partial charge in [0.25, 0.3) is 5.56 Å². The zero-order valence-electron chi connectivity index (χ0n) is 17.8. The molecule has 0 aliphatic heterocycles. The minimum atomic E-state index is -0.198. The molecule has 0 N–H and O–H groups in total. The number of thiazole rings is 1. The van der Waals surface area contributed by atoms with Crippen LogP contribution in [0.1, 0.15) is 32.1 Å². The lowest BCUT2D eigenvalue weighted by molar-refractivity contribution is 0.571. The highest BCUT2D eigenvalue weighted by molar-refractivity contribution is 9.10. The SMILES string of the molecule is CC(C)(C)c1ccc(-c2nc3sc(=Cc4ccc(-c5ccc(Br)cc5)o4)c(=O)n3n2)cc1. The van der Waals surface area contributed by atoms with Gasteiger partial charge in [-0.3, -0.25) is 4.79 Å². The third-order valence-electron chi connectivity index (χ3n) is 5.22. The van der Waals surface area contributed by atoms with Gasteiger partial charge in [0.1, 0.15) is 16.1 Å². The van der Waals surface area contributed by atoms with Crippen LogP contribution >= 0.6 is 27.3 Å². The lowest BCUT2D eigenvalue weighted by Crippen LogP contribution is -2.23. The zero-order valence-corrected chi connectivity index (χ0v) is 20.2. The summed E-state index contributed by atoms with van der Waals surface area (Å²) in [5.74, 6) is 1.91. The van der Waals surface area contributed by atoms with Gasteiger partial charge in [-0.2, -0.15) is 9.50 Å². The second-order valence-electron chi connectivity index (χ2n) is 8.58. The van der Waals surface area contributed by atoms with Crippen LogP contribution in [0.4, 0.5) is 0 Å². The van der Waals surface area contributed by atoms with Crippen molar-refractivity contribution in [3.05, 3.63) is 91.3 Å². The molecule has 0 aliphatic carbocycles. The summed E-state index contributed by atoms with van der Waals surface area (Å²) in [5.41, 5.74) is 2.99. The van der Waals surface area contributed by atoms with Crippen LogP contribution in [0, 0.1) is 0 Å². The molecule has 32 heavy (non-hydrogen) atoms. The quantitative estimate of drug-likeness (QED) is 0.316. The van der Waals surface area contributed by atoms with Crippen LogP contribution in [-0.2, 0) is 5.41 Å². The predicted molar refractivity (Wildman–Crippen MR) is 132 cm³/mol. The predicted octanol–water partition coefficient (Wildman–Crippen LogP) is 5.69. The summed E-state index contributed by atoms with van der Waals surface area (Å²) in [6.07, 6.45) is 1.74. The highest BCUT2D eigenvalue weighted by Crippen LogP contribution is 2.26. The Morgan fingerprint density at radius 3 is 2.31 bits per heavy atom. The number of nitrogens with zero attached hydrogens (tertiary/aromatic N) is 3. The second-order valence-corrected chi connectivity index (χ2v) is 10.5. The fourth-order valence-corrected chi connectivity index (χ4v) is 4.56. The molecule has 0 radical (unpaired) electrons. The summed E-state index contributed by atoms with van der Waals surface area (Å²) in [6.45, 7) is 6.53. The lowest BCUT2D eigenvalue weighted by Gasteiger charge is -2.18. The highest BCUT2D eigenvalue weighted by Gasteiger charge is 2.16. The third-order valence-corrected chi connectivity index (χ3v) is 6.71. The number of benzene rings is 2. The molecule has 160 valence electrons. The van der Waals surface area contributed by atoms with Crippen molar-refractivity contribution in [1.82, 2.24) is 14.6 Å². The molecule has 5 rings (SSSR count). The maximum absolute atomic E-state index is 12.9. The Bertz CT molecular complexity index is 1520. The minimum absolute atomic E-state index is 0.0799. The van der Waals surface area contributed by atoms with E-state index in [1.165, 1.54) is 21.4 Å². The number of halogens is 1. The van der Waals surface area contributed by atoms with Crippen molar-refractivity contribution in [2.75, 3.05) is 0 Å². The van der Waals surface area contributed by atoms with E-state index in [1.54, 1.807) is 6.08 Å². The van der Waals surface area contributed by atoms with Crippen molar-refractivity contribution in [3.63, 3.8) is 0 Å². The summed E-state index contributed by atoms with van der Waals surface area (Å²) in [6, 6.07) is 19.8.